The molecule has 0 atom stereocenters. The van der Waals surface area contributed by atoms with Gasteiger partial charge in [0, 0.05) is 12.6 Å². The number of sulfonamides is 1. The van der Waals surface area contributed by atoms with Crippen LogP contribution in [0.3, 0.4) is 0 Å². The highest BCUT2D eigenvalue weighted by molar-refractivity contribution is 7.89. The van der Waals surface area contributed by atoms with Gasteiger partial charge >= 0.3 is 0 Å². The highest BCUT2D eigenvalue weighted by Crippen LogP contribution is 2.34. The van der Waals surface area contributed by atoms with Crippen LogP contribution >= 0.6 is 0 Å². The summed E-state index contributed by atoms with van der Waals surface area (Å²) in [6.07, 6.45) is 1.55. The van der Waals surface area contributed by atoms with E-state index in [0.29, 0.717) is 30.3 Å². The quantitative estimate of drug-likeness (QED) is 0.733. The van der Waals surface area contributed by atoms with E-state index in [2.05, 4.69) is 0 Å². The number of hydrogen-bond donors (Lipinski definition) is 0. The Morgan fingerprint density at radius 3 is 2.56 bits per heavy atom. The van der Waals surface area contributed by atoms with Gasteiger partial charge in [0.1, 0.15) is 18.9 Å². The topological polar surface area (TPSA) is 72.9 Å². The van der Waals surface area contributed by atoms with Crippen molar-refractivity contribution >= 4 is 21.9 Å². The number of ether oxygens (including phenoxy) is 2. The van der Waals surface area contributed by atoms with Crippen molar-refractivity contribution in [3.8, 4) is 11.5 Å². The summed E-state index contributed by atoms with van der Waals surface area (Å²) in [5, 5.41) is 0. The minimum Gasteiger partial charge on any atom is -0.486 e. The Labute approximate surface area is 145 Å². The lowest BCUT2D eigenvalue weighted by atomic mass is 10.1. The van der Waals surface area contributed by atoms with Gasteiger partial charge in [-0.1, -0.05) is 18.2 Å². The molecule has 0 spiro atoms. The Morgan fingerprint density at radius 2 is 1.76 bits per heavy atom. The Morgan fingerprint density at radius 1 is 1.04 bits per heavy atom. The molecule has 0 aromatic heterocycles. The second-order valence-corrected chi connectivity index (χ2v) is 7.67. The summed E-state index contributed by atoms with van der Waals surface area (Å²) in [5.41, 5.74) is 0.939. The molecule has 2 heterocycles. The number of Topliss-reactive ketones (excluding diaryl/α,β-unsaturated/α-hetero) is 1. The Kier molecular flexibility index (Phi) is 3.54. The molecule has 0 N–H and O–H groups in total. The van der Waals surface area contributed by atoms with E-state index in [9.17, 15) is 13.2 Å². The normalized spacial score (nSPS) is 19.6. The van der Waals surface area contributed by atoms with Gasteiger partial charge in [0.15, 0.2) is 11.5 Å². The first-order valence-electron chi connectivity index (χ1n) is 7.72. The molecule has 2 aromatic rings. The fourth-order valence-corrected chi connectivity index (χ4v) is 4.28. The maximum absolute atomic E-state index is 12.8. The molecule has 2 aliphatic rings. The van der Waals surface area contributed by atoms with Crippen molar-refractivity contribution in [3.05, 3.63) is 59.3 Å². The van der Waals surface area contributed by atoms with Gasteiger partial charge in [-0.15, -0.1) is 0 Å². The van der Waals surface area contributed by atoms with E-state index < -0.39 is 10.0 Å². The first-order valence-corrected chi connectivity index (χ1v) is 9.16. The molecule has 0 fully saturated rings. The molecule has 0 saturated heterocycles. The molecule has 0 saturated carbocycles. The van der Waals surface area contributed by atoms with Crippen LogP contribution < -0.4 is 9.47 Å². The van der Waals surface area contributed by atoms with Gasteiger partial charge in [-0.3, -0.25) is 9.10 Å². The van der Waals surface area contributed by atoms with Crippen molar-refractivity contribution in [2.45, 2.75) is 4.90 Å². The standard InChI is InChI=1S/C18H15NO5S/c1-19-14(10-12-6-7-15-16(11-12)24-9-8-23-15)18(20)13-4-2-3-5-17(13)25(19,21)22/h2-7,10-11H,8-9H2,1H3/b14-10-. The van der Waals surface area contributed by atoms with Crippen LogP contribution in [0.15, 0.2) is 53.1 Å². The van der Waals surface area contributed by atoms with E-state index in [0.717, 1.165) is 4.31 Å². The summed E-state index contributed by atoms with van der Waals surface area (Å²) < 4.78 is 37.4. The predicted octanol–water partition coefficient (Wildman–Crippen LogP) is 2.32. The van der Waals surface area contributed by atoms with Crippen molar-refractivity contribution in [2.24, 2.45) is 0 Å². The number of fused-ring (bicyclic) bond motifs is 2. The summed E-state index contributed by atoms with van der Waals surface area (Å²) in [6, 6.07) is 11.5. The largest absolute Gasteiger partial charge is 0.486 e. The Balaban J connectivity index is 1.83. The maximum Gasteiger partial charge on any atom is 0.264 e. The van der Waals surface area contributed by atoms with Crippen LogP contribution in [0.2, 0.25) is 0 Å². The highest BCUT2D eigenvalue weighted by Gasteiger charge is 2.36. The van der Waals surface area contributed by atoms with Gasteiger partial charge in [-0.25, -0.2) is 8.42 Å². The third kappa shape index (κ3) is 2.47. The van der Waals surface area contributed by atoms with Crippen LogP contribution in [0.4, 0.5) is 0 Å². The average Bonchev–Trinajstić information content (AvgIpc) is 2.64. The van der Waals surface area contributed by atoms with Crippen LogP contribution in [0.25, 0.3) is 6.08 Å². The third-order valence-corrected chi connectivity index (χ3v) is 6.04. The molecule has 0 aliphatic carbocycles. The first-order chi connectivity index (χ1) is 12.0. The molecular weight excluding hydrogens is 342 g/mol. The number of nitrogens with zero attached hydrogens (tertiary/aromatic N) is 1. The molecule has 128 valence electrons. The molecule has 4 rings (SSSR count). The second-order valence-electron chi connectivity index (χ2n) is 5.73. The molecule has 0 unspecified atom stereocenters. The monoisotopic (exact) mass is 357 g/mol. The van der Waals surface area contributed by atoms with Crippen molar-refractivity contribution in [1.82, 2.24) is 4.31 Å². The molecule has 0 bridgehead atoms. The molecule has 7 heteroatoms. The van der Waals surface area contributed by atoms with E-state index in [-0.39, 0.29) is 21.9 Å². The van der Waals surface area contributed by atoms with Gasteiger partial charge in [-0.05, 0) is 35.9 Å². The average molecular weight is 357 g/mol. The number of hydrogen-bond acceptors (Lipinski definition) is 5. The van der Waals surface area contributed by atoms with Gasteiger partial charge < -0.3 is 9.47 Å². The smallest absolute Gasteiger partial charge is 0.264 e. The highest BCUT2D eigenvalue weighted by atomic mass is 32.2. The number of carbonyl (C=O) groups excluding carboxylic acids is 1. The molecule has 2 aromatic carbocycles. The van der Waals surface area contributed by atoms with Gasteiger partial charge in [-0.2, -0.15) is 0 Å². The number of ketones is 1. The summed E-state index contributed by atoms with van der Waals surface area (Å²) in [4.78, 5) is 12.8. The zero-order valence-corrected chi connectivity index (χ0v) is 14.2. The van der Waals surface area contributed by atoms with Crippen molar-refractivity contribution < 1.29 is 22.7 Å². The predicted molar refractivity (Wildman–Crippen MR) is 91.1 cm³/mol. The second kappa shape index (κ2) is 5.63. The number of rotatable bonds is 1. The molecule has 2 aliphatic heterocycles. The lowest BCUT2D eigenvalue weighted by Gasteiger charge is -2.28. The molecule has 25 heavy (non-hydrogen) atoms. The zero-order chi connectivity index (χ0) is 17.6. The van der Waals surface area contributed by atoms with E-state index >= 15 is 0 Å². The van der Waals surface area contributed by atoms with E-state index in [1.54, 1.807) is 36.4 Å². The number of carbonyl (C=O) groups is 1. The minimum absolute atomic E-state index is 0.0295. The molecular formula is C18H15NO5S. The van der Waals surface area contributed by atoms with E-state index in [1.807, 2.05) is 0 Å². The number of likely N-dealkylation sites (N-methyl/N-ethyl adjacent to an activating group) is 1. The van der Waals surface area contributed by atoms with Crippen LogP contribution in [0.1, 0.15) is 15.9 Å². The Hall–Kier alpha value is -2.80. The van der Waals surface area contributed by atoms with Crippen molar-refractivity contribution in [3.63, 3.8) is 0 Å². The van der Waals surface area contributed by atoms with Gasteiger partial charge in [0.05, 0.1) is 4.90 Å². The van der Waals surface area contributed by atoms with Gasteiger partial charge in [0.2, 0.25) is 5.78 Å². The zero-order valence-electron chi connectivity index (χ0n) is 13.4. The van der Waals surface area contributed by atoms with Crippen molar-refractivity contribution in [1.29, 1.82) is 0 Å². The van der Waals surface area contributed by atoms with Gasteiger partial charge in [0.25, 0.3) is 10.0 Å². The van der Waals surface area contributed by atoms with E-state index in [4.69, 9.17) is 9.47 Å². The first kappa shape index (κ1) is 15.7. The fraction of sp³-hybridized carbons (Fsp3) is 0.167. The van der Waals surface area contributed by atoms with Crippen molar-refractivity contribution in [2.75, 3.05) is 20.3 Å². The Bertz CT molecular complexity index is 1010. The van der Waals surface area contributed by atoms with Crippen LogP contribution in [-0.2, 0) is 10.0 Å². The lowest BCUT2D eigenvalue weighted by Crippen LogP contribution is -2.36. The number of allylic oxidation sites excluding steroid dienone is 1. The summed E-state index contributed by atoms with van der Waals surface area (Å²) in [5.74, 6) is 0.882. The van der Waals surface area contributed by atoms with Crippen LogP contribution in [0.5, 0.6) is 11.5 Å². The number of benzene rings is 2. The minimum atomic E-state index is -3.75. The molecule has 0 radical (unpaired) electrons. The summed E-state index contributed by atoms with van der Waals surface area (Å²) in [6.45, 7) is 0.942. The molecule has 0 amide bonds. The van der Waals surface area contributed by atoms with E-state index in [1.165, 1.54) is 19.2 Å². The summed E-state index contributed by atoms with van der Waals surface area (Å²) in [7, 11) is -2.37. The molecule has 6 nitrogen and oxygen atoms in total. The maximum atomic E-state index is 12.8. The van der Waals surface area contributed by atoms with Crippen LogP contribution in [0, 0.1) is 0 Å². The third-order valence-electron chi connectivity index (χ3n) is 4.21. The summed E-state index contributed by atoms with van der Waals surface area (Å²) >= 11 is 0. The lowest BCUT2D eigenvalue weighted by molar-refractivity contribution is 0.101. The fourth-order valence-electron chi connectivity index (χ4n) is 2.90. The SMILES string of the molecule is CN1/C(=C\c2ccc3c(c2)OCCO3)C(=O)c2ccccc2S1(=O)=O. The van der Waals surface area contributed by atoms with Crippen LogP contribution in [-0.4, -0.2) is 38.8 Å².